The lowest BCUT2D eigenvalue weighted by atomic mass is 10.1. The number of aromatic nitrogens is 2. The summed E-state index contributed by atoms with van der Waals surface area (Å²) in [6, 6.07) is 9.27. The lowest BCUT2D eigenvalue weighted by Gasteiger charge is -2.23. The smallest absolute Gasteiger partial charge is 0.337 e. The third-order valence-electron chi connectivity index (χ3n) is 4.44. The quantitative estimate of drug-likeness (QED) is 0.717. The molecule has 1 amide bonds. The number of amides is 1. The van der Waals surface area contributed by atoms with Crippen LogP contribution in [-0.4, -0.2) is 39.6 Å². The molecule has 0 bridgehead atoms. The normalized spacial score (nSPS) is 17.0. The largest absolute Gasteiger partial charge is 0.465 e. The van der Waals surface area contributed by atoms with Gasteiger partial charge in [-0.05, 0) is 23.8 Å². The van der Waals surface area contributed by atoms with Gasteiger partial charge in [0.1, 0.15) is 5.37 Å². The Morgan fingerprint density at radius 1 is 1.42 bits per heavy atom. The molecule has 7 heteroatoms. The van der Waals surface area contributed by atoms with E-state index in [2.05, 4.69) is 9.97 Å². The highest BCUT2D eigenvalue weighted by Crippen LogP contribution is 2.42. The Labute approximate surface area is 154 Å². The Kier molecular flexibility index (Phi) is 4.38. The van der Waals surface area contributed by atoms with Crippen LogP contribution in [0.4, 0.5) is 0 Å². The molecule has 132 valence electrons. The Hall–Kier alpha value is -2.80. The predicted molar refractivity (Wildman–Crippen MR) is 99.6 cm³/mol. The topological polar surface area (TPSA) is 75.3 Å². The van der Waals surface area contributed by atoms with E-state index in [1.54, 1.807) is 36.3 Å². The van der Waals surface area contributed by atoms with Gasteiger partial charge in [0, 0.05) is 41.6 Å². The second-order valence-corrected chi connectivity index (χ2v) is 7.11. The molecule has 0 aliphatic carbocycles. The number of carbonyl (C=O) groups excluding carboxylic acids is 2. The number of esters is 1. The van der Waals surface area contributed by atoms with E-state index in [0.29, 0.717) is 17.9 Å². The van der Waals surface area contributed by atoms with Gasteiger partial charge >= 0.3 is 5.97 Å². The maximum absolute atomic E-state index is 12.4. The molecule has 1 unspecified atom stereocenters. The summed E-state index contributed by atoms with van der Waals surface area (Å²) >= 11 is 1.61. The van der Waals surface area contributed by atoms with Crippen molar-refractivity contribution in [1.29, 1.82) is 0 Å². The number of nitrogens with zero attached hydrogens (tertiary/aromatic N) is 2. The molecule has 3 heterocycles. The van der Waals surface area contributed by atoms with Crippen LogP contribution in [0.25, 0.3) is 10.9 Å². The molecule has 2 aromatic heterocycles. The summed E-state index contributed by atoms with van der Waals surface area (Å²) in [6.45, 7) is 0.525. The first kappa shape index (κ1) is 16.7. The summed E-state index contributed by atoms with van der Waals surface area (Å²) in [4.78, 5) is 33.4. The second kappa shape index (κ2) is 6.84. The van der Waals surface area contributed by atoms with E-state index in [1.165, 1.54) is 7.11 Å². The van der Waals surface area contributed by atoms with Crippen LogP contribution in [0.3, 0.4) is 0 Å². The second-order valence-electron chi connectivity index (χ2n) is 6.04. The molecule has 1 saturated heterocycles. The van der Waals surface area contributed by atoms with Crippen LogP contribution in [0, 0.1) is 0 Å². The number of carbonyl (C=O) groups is 2. The minimum Gasteiger partial charge on any atom is -0.465 e. The van der Waals surface area contributed by atoms with Crippen molar-refractivity contribution < 1.29 is 14.3 Å². The maximum Gasteiger partial charge on any atom is 0.337 e. The molecule has 0 radical (unpaired) electrons. The van der Waals surface area contributed by atoms with Crippen LogP contribution >= 0.6 is 11.8 Å². The highest BCUT2D eigenvalue weighted by atomic mass is 32.2. The minimum atomic E-state index is -0.369. The van der Waals surface area contributed by atoms with Gasteiger partial charge in [-0.25, -0.2) is 4.79 Å². The molecule has 0 spiro atoms. The summed E-state index contributed by atoms with van der Waals surface area (Å²) in [5.74, 6) is 0.203. The van der Waals surface area contributed by atoms with Gasteiger partial charge in [-0.3, -0.25) is 9.78 Å². The fraction of sp³-hybridized carbons (Fsp3) is 0.211. The lowest BCUT2D eigenvalue weighted by Crippen LogP contribution is -2.27. The van der Waals surface area contributed by atoms with Crippen LogP contribution in [0.1, 0.15) is 26.9 Å². The van der Waals surface area contributed by atoms with E-state index < -0.39 is 0 Å². The molecule has 26 heavy (non-hydrogen) atoms. The van der Waals surface area contributed by atoms with Crippen molar-refractivity contribution in [3.63, 3.8) is 0 Å². The van der Waals surface area contributed by atoms with Crippen LogP contribution in [-0.2, 0) is 16.1 Å². The van der Waals surface area contributed by atoms with Gasteiger partial charge in [-0.15, -0.1) is 11.8 Å². The Bertz CT molecular complexity index is 971. The maximum atomic E-state index is 12.4. The molecular weight excluding hydrogens is 350 g/mol. The molecule has 1 fully saturated rings. The number of rotatable bonds is 4. The van der Waals surface area contributed by atoms with Crippen LogP contribution < -0.4 is 0 Å². The molecule has 1 atom stereocenters. The number of ether oxygens (including phenoxy) is 1. The Balaban J connectivity index is 1.67. The molecule has 1 aliphatic rings. The van der Waals surface area contributed by atoms with Gasteiger partial charge in [0.2, 0.25) is 5.91 Å². The highest BCUT2D eigenvalue weighted by molar-refractivity contribution is 8.00. The zero-order chi connectivity index (χ0) is 18.1. The molecule has 4 rings (SSSR count). The van der Waals surface area contributed by atoms with Crippen molar-refractivity contribution in [2.75, 3.05) is 12.9 Å². The number of methoxy groups -OCH3 is 1. The van der Waals surface area contributed by atoms with Crippen molar-refractivity contribution in [2.24, 2.45) is 0 Å². The Morgan fingerprint density at radius 2 is 2.31 bits per heavy atom. The average Bonchev–Trinajstić information content (AvgIpc) is 3.25. The monoisotopic (exact) mass is 367 g/mol. The van der Waals surface area contributed by atoms with Gasteiger partial charge in [-0.1, -0.05) is 12.1 Å². The SMILES string of the molecule is COC(=O)c1ccc2c(C3SCC(=O)N3Cc3cccnc3)c[nH]c2c1. The molecule has 1 aromatic carbocycles. The van der Waals surface area contributed by atoms with E-state index in [1.807, 2.05) is 29.3 Å². The number of hydrogen-bond donors (Lipinski definition) is 1. The lowest BCUT2D eigenvalue weighted by molar-refractivity contribution is -0.128. The number of fused-ring (bicyclic) bond motifs is 1. The number of aromatic amines is 1. The third-order valence-corrected chi connectivity index (χ3v) is 5.68. The first-order chi connectivity index (χ1) is 12.7. The van der Waals surface area contributed by atoms with E-state index in [-0.39, 0.29) is 17.3 Å². The van der Waals surface area contributed by atoms with Crippen molar-refractivity contribution in [2.45, 2.75) is 11.9 Å². The van der Waals surface area contributed by atoms with Crippen LogP contribution in [0.5, 0.6) is 0 Å². The zero-order valence-corrected chi connectivity index (χ0v) is 15.0. The van der Waals surface area contributed by atoms with Gasteiger partial charge in [0.05, 0.1) is 18.4 Å². The van der Waals surface area contributed by atoms with Crippen molar-refractivity contribution in [3.05, 3.63) is 65.6 Å². The van der Waals surface area contributed by atoms with Gasteiger partial charge in [0.25, 0.3) is 0 Å². The van der Waals surface area contributed by atoms with Crippen molar-refractivity contribution in [3.8, 4) is 0 Å². The van der Waals surface area contributed by atoms with Gasteiger partial charge < -0.3 is 14.6 Å². The van der Waals surface area contributed by atoms with E-state index in [9.17, 15) is 9.59 Å². The summed E-state index contributed by atoms with van der Waals surface area (Å²) in [5, 5.41) is 0.932. The predicted octanol–water partition coefficient (Wildman–Crippen LogP) is 3.12. The number of pyridine rings is 1. The van der Waals surface area contributed by atoms with E-state index >= 15 is 0 Å². The van der Waals surface area contributed by atoms with Crippen LogP contribution in [0.2, 0.25) is 0 Å². The number of benzene rings is 1. The third kappa shape index (κ3) is 2.94. The van der Waals surface area contributed by atoms with E-state index in [4.69, 9.17) is 4.74 Å². The Morgan fingerprint density at radius 3 is 3.08 bits per heavy atom. The first-order valence-corrected chi connectivity index (χ1v) is 9.21. The average molecular weight is 367 g/mol. The fourth-order valence-corrected chi connectivity index (χ4v) is 4.38. The summed E-state index contributed by atoms with van der Waals surface area (Å²) in [6.07, 6.45) is 5.42. The van der Waals surface area contributed by atoms with Crippen molar-refractivity contribution in [1.82, 2.24) is 14.9 Å². The van der Waals surface area contributed by atoms with Crippen molar-refractivity contribution >= 4 is 34.5 Å². The zero-order valence-electron chi connectivity index (χ0n) is 14.1. The molecule has 1 N–H and O–H groups in total. The summed E-state index contributed by atoms with van der Waals surface area (Å²) in [7, 11) is 1.36. The summed E-state index contributed by atoms with van der Waals surface area (Å²) < 4.78 is 4.77. The number of hydrogen-bond acceptors (Lipinski definition) is 5. The highest BCUT2D eigenvalue weighted by Gasteiger charge is 2.34. The first-order valence-electron chi connectivity index (χ1n) is 8.16. The van der Waals surface area contributed by atoms with Gasteiger partial charge in [-0.2, -0.15) is 0 Å². The van der Waals surface area contributed by atoms with Crippen LogP contribution in [0.15, 0.2) is 48.9 Å². The number of nitrogens with one attached hydrogen (secondary N) is 1. The van der Waals surface area contributed by atoms with E-state index in [0.717, 1.165) is 22.0 Å². The summed E-state index contributed by atoms with van der Waals surface area (Å²) in [5.41, 5.74) is 3.39. The molecule has 0 saturated carbocycles. The number of H-pyrrole nitrogens is 1. The minimum absolute atomic E-state index is 0.0690. The molecular formula is C19H17N3O3S. The van der Waals surface area contributed by atoms with Gasteiger partial charge in [0.15, 0.2) is 0 Å². The standard InChI is InChI=1S/C19H17N3O3S/c1-25-19(24)13-4-5-14-15(9-21-16(14)7-13)18-22(17(23)11-26-18)10-12-3-2-6-20-8-12/h2-9,18,21H,10-11H2,1H3. The molecule has 1 aliphatic heterocycles. The molecule has 3 aromatic rings. The molecule has 6 nitrogen and oxygen atoms in total. The number of thioether (sulfide) groups is 1. The fourth-order valence-electron chi connectivity index (χ4n) is 3.17.